The van der Waals surface area contributed by atoms with Crippen LogP contribution in [0.2, 0.25) is 0 Å². The predicted octanol–water partition coefficient (Wildman–Crippen LogP) is 5.62. The molecule has 0 spiro atoms. The standard InChI is InChI=1S/C26H32N2Te/c1-2-22(26-12-18-6-19(13-26)8-20(7-18)14-26)24-23(27-29-28-24)21(1)25-9-15-3-16(10-25)5-17(4-15)11-25/h1-2,15-20H,3-14H2. The molecule has 8 bridgehead atoms. The summed E-state index contributed by atoms with van der Waals surface area (Å²) in [5.74, 6) is 6.05. The molecule has 2 nitrogen and oxygen atoms in total. The molecule has 8 saturated carbocycles. The van der Waals surface area contributed by atoms with Crippen molar-refractivity contribution in [3.63, 3.8) is 0 Å². The van der Waals surface area contributed by atoms with Crippen molar-refractivity contribution in [2.45, 2.75) is 87.9 Å². The van der Waals surface area contributed by atoms with E-state index < -0.39 is 21.0 Å². The van der Waals surface area contributed by atoms with Gasteiger partial charge in [0.05, 0.1) is 0 Å². The van der Waals surface area contributed by atoms with Gasteiger partial charge in [0.15, 0.2) is 0 Å². The Bertz CT molecular complexity index is 855. The van der Waals surface area contributed by atoms with E-state index in [0.717, 1.165) is 35.5 Å². The molecule has 0 aliphatic heterocycles. The average molecular weight is 500 g/mol. The van der Waals surface area contributed by atoms with E-state index in [1.165, 1.54) is 88.1 Å². The molecule has 1 aromatic heterocycles. The normalized spacial score (nSPS) is 49.4. The van der Waals surface area contributed by atoms with Crippen LogP contribution >= 0.6 is 0 Å². The Balaban J connectivity index is 1.27. The molecule has 0 unspecified atom stereocenters. The number of fused-ring (bicyclic) bond motifs is 1. The fourth-order valence-corrected chi connectivity index (χ4v) is 12.2. The molecular formula is C26H32N2Te. The van der Waals surface area contributed by atoms with Crippen LogP contribution in [0.4, 0.5) is 0 Å². The van der Waals surface area contributed by atoms with E-state index in [0.29, 0.717) is 10.8 Å². The van der Waals surface area contributed by atoms with Crippen molar-refractivity contribution in [3.05, 3.63) is 23.3 Å². The van der Waals surface area contributed by atoms with E-state index in [1.54, 1.807) is 11.1 Å². The zero-order chi connectivity index (χ0) is 18.8. The van der Waals surface area contributed by atoms with Gasteiger partial charge in [0.25, 0.3) is 0 Å². The van der Waals surface area contributed by atoms with E-state index in [1.807, 2.05) is 0 Å². The Kier molecular flexibility index (Phi) is 3.38. The van der Waals surface area contributed by atoms with Crippen LogP contribution in [0.1, 0.15) is 88.2 Å². The van der Waals surface area contributed by atoms with Crippen LogP contribution < -0.4 is 0 Å². The van der Waals surface area contributed by atoms with Gasteiger partial charge in [-0.3, -0.25) is 0 Å². The number of hydrogen-bond acceptors (Lipinski definition) is 2. The van der Waals surface area contributed by atoms with Gasteiger partial charge in [-0.1, -0.05) is 0 Å². The summed E-state index contributed by atoms with van der Waals surface area (Å²) in [4.78, 5) is 0. The van der Waals surface area contributed by atoms with Gasteiger partial charge in [0.1, 0.15) is 0 Å². The number of benzene rings is 1. The molecule has 10 rings (SSSR count). The van der Waals surface area contributed by atoms with E-state index >= 15 is 0 Å². The first-order valence-corrected chi connectivity index (χ1v) is 14.5. The van der Waals surface area contributed by atoms with Crippen LogP contribution in [-0.4, -0.2) is 27.4 Å². The summed E-state index contributed by atoms with van der Waals surface area (Å²) in [6.07, 6.45) is 17.9. The molecule has 2 aromatic rings. The topological polar surface area (TPSA) is 25.8 Å². The SMILES string of the molecule is c1cc(C23CC4CC(CC(C4)C2)C3)c2n[te]nc2c1C12CC3CC(CC(C3)C1)C2. The molecule has 8 aliphatic carbocycles. The Morgan fingerprint density at radius 3 is 1.17 bits per heavy atom. The second kappa shape index (κ2) is 5.69. The van der Waals surface area contributed by atoms with Gasteiger partial charge in [-0.2, -0.15) is 0 Å². The molecular weight excluding hydrogens is 468 g/mol. The summed E-state index contributed by atoms with van der Waals surface area (Å²) in [5.41, 5.74) is 7.09. The number of nitrogens with zero attached hydrogens (tertiary/aromatic N) is 2. The van der Waals surface area contributed by atoms with Crippen LogP contribution in [0.25, 0.3) is 11.0 Å². The second-order valence-electron chi connectivity index (χ2n) is 12.5. The van der Waals surface area contributed by atoms with Crippen molar-refractivity contribution in [2.75, 3.05) is 0 Å². The first-order chi connectivity index (χ1) is 14.2. The zero-order valence-corrected chi connectivity index (χ0v) is 19.7. The minimum absolute atomic E-state index is 0.467. The summed E-state index contributed by atoms with van der Waals surface area (Å²) in [7, 11) is 0. The van der Waals surface area contributed by atoms with Gasteiger partial charge < -0.3 is 0 Å². The third-order valence-electron chi connectivity index (χ3n) is 10.6. The molecule has 3 heteroatoms. The Hall–Kier alpha value is -0.390. The predicted molar refractivity (Wildman–Crippen MR) is 116 cm³/mol. The van der Waals surface area contributed by atoms with Gasteiger partial charge in [-0.25, -0.2) is 0 Å². The van der Waals surface area contributed by atoms with E-state index in [4.69, 9.17) is 6.41 Å². The van der Waals surface area contributed by atoms with Crippen molar-refractivity contribution in [1.82, 2.24) is 6.41 Å². The van der Waals surface area contributed by atoms with Gasteiger partial charge in [-0.05, 0) is 0 Å². The van der Waals surface area contributed by atoms with Gasteiger partial charge in [0.2, 0.25) is 0 Å². The maximum atomic E-state index is 5.21. The minimum atomic E-state index is -0.550. The first kappa shape index (κ1) is 17.2. The van der Waals surface area contributed by atoms with Gasteiger partial charge in [-0.15, -0.1) is 0 Å². The van der Waals surface area contributed by atoms with Crippen molar-refractivity contribution in [2.24, 2.45) is 35.5 Å². The summed E-state index contributed by atoms with van der Waals surface area (Å²) in [5, 5.41) is 0. The van der Waals surface area contributed by atoms with E-state index in [-0.39, 0.29) is 0 Å². The summed E-state index contributed by atoms with van der Waals surface area (Å²) < 4.78 is 10.4. The van der Waals surface area contributed by atoms with Crippen LogP contribution in [0.3, 0.4) is 0 Å². The Morgan fingerprint density at radius 1 is 0.552 bits per heavy atom. The summed E-state index contributed by atoms with van der Waals surface area (Å²) in [6, 6.07) is 5.22. The van der Waals surface area contributed by atoms with Crippen molar-refractivity contribution >= 4 is 32.0 Å². The van der Waals surface area contributed by atoms with Crippen LogP contribution in [0, 0.1) is 35.5 Å². The molecule has 8 fully saturated rings. The van der Waals surface area contributed by atoms with Crippen molar-refractivity contribution < 1.29 is 0 Å². The van der Waals surface area contributed by atoms with Crippen LogP contribution in [-0.2, 0) is 10.8 Å². The molecule has 1 aromatic carbocycles. The number of rotatable bonds is 2. The number of aromatic nitrogens is 2. The van der Waals surface area contributed by atoms with E-state index in [9.17, 15) is 0 Å². The zero-order valence-electron chi connectivity index (χ0n) is 17.4. The molecule has 0 saturated heterocycles. The quantitative estimate of drug-likeness (QED) is 0.501. The van der Waals surface area contributed by atoms with Crippen LogP contribution in [0.5, 0.6) is 0 Å². The van der Waals surface area contributed by atoms with Crippen molar-refractivity contribution in [3.8, 4) is 0 Å². The fourth-order valence-electron chi connectivity index (χ4n) is 10.6. The Labute approximate surface area is 184 Å². The van der Waals surface area contributed by atoms with Gasteiger partial charge in [0, 0.05) is 0 Å². The molecule has 0 radical (unpaired) electrons. The van der Waals surface area contributed by atoms with E-state index in [2.05, 4.69) is 12.1 Å². The first-order valence-electron chi connectivity index (χ1n) is 12.4. The third-order valence-corrected chi connectivity index (χ3v) is 12.1. The monoisotopic (exact) mass is 502 g/mol. The molecule has 0 atom stereocenters. The third kappa shape index (κ3) is 2.31. The molecule has 152 valence electrons. The number of hydrogen-bond donors (Lipinski definition) is 0. The summed E-state index contributed by atoms with van der Waals surface area (Å²) in [6.45, 7) is 0. The van der Waals surface area contributed by atoms with Crippen LogP contribution in [0.15, 0.2) is 12.1 Å². The molecule has 0 amide bonds. The average Bonchev–Trinajstić information content (AvgIpc) is 3.14. The maximum absolute atomic E-state index is 5.21. The fraction of sp³-hybridized carbons (Fsp3) is 0.769. The molecule has 0 N–H and O–H groups in total. The Morgan fingerprint density at radius 2 is 0.862 bits per heavy atom. The summed E-state index contributed by atoms with van der Waals surface area (Å²) >= 11 is -0.550. The molecule has 1 heterocycles. The van der Waals surface area contributed by atoms with Gasteiger partial charge >= 0.3 is 185 Å². The molecule has 29 heavy (non-hydrogen) atoms. The molecule has 8 aliphatic rings. The second-order valence-corrected chi connectivity index (χ2v) is 14.0. The van der Waals surface area contributed by atoms with Crippen molar-refractivity contribution in [1.29, 1.82) is 0 Å².